The van der Waals surface area contributed by atoms with Gasteiger partial charge in [0.05, 0.1) is 18.7 Å². The monoisotopic (exact) mass is 380 g/mol. The molecular formula is C21H20N2O3S. The third kappa shape index (κ3) is 4.11. The first-order chi connectivity index (χ1) is 13.2. The van der Waals surface area contributed by atoms with Crippen molar-refractivity contribution in [2.24, 2.45) is 0 Å². The average Bonchev–Trinajstić information content (AvgIpc) is 3.17. The summed E-state index contributed by atoms with van der Waals surface area (Å²) in [6.07, 6.45) is 0.105. The van der Waals surface area contributed by atoms with Gasteiger partial charge in [0.15, 0.2) is 17.6 Å². The second kappa shape index (κ2) is 7.80. The number of aromatic nitrogens is 1. The fraction of sp³-hybridized carbons (Fsp3) is 0.238. The molecule has 1 aliphatic heterocycles. The van der Waals surface area contributed by atoms with Gasteiger partial charge >= 0.3 is 0 Å². The highest BCUT2D eigenvalue weighted by Crippen LogP contribution is 2.31. The van der Waals surface area contributed by atoms with E-state index in [1.165, 1.54) is 0 Å². The molecule has 1 atom stereocenters. The second-order valence-corrected chi connectivity index (χ2v) is 7.32. The fourth-order valence-electron chi connectivity index (χ4n) is 2.95. The molecule has 1 amide bonds. The summed E-state index contributed by atoms with van der Waals surface area (Å²) in [5.41, 5.74) is 1.86. The largest absolute Gasteiger partial charge is 0.486 e. The van der Waals surface area contributed by atoms with Crippen LogP contribution in [-0.2, 0) is 11.2 Å². The smallest absolute Gasteiger partial charge is 0.228 e. The number of amides is 1. The summed E-state index contributed by atoms with van der Waals surface area (Å²) in [4.78, 5) is 18.9. The summed E-state index contributed by atoms with van der Waals surface area (Å²) in [6.45, 7) is 0.909. The summed E-state index contributed by atoms with van der Waals surface area (Å²) in [6, 6.07) is 17.6. The lowest BCUT2D eigenvalue weighted by atomic mass is 10.2. The number of benzene rings is 2. The van der Waals surface area contributed by atoms with E-state index in [0.29, 0.717) is 13.2 Å². The summed E-state index contributed by atoms with van der Waals surface area (Å²) in [5.74, 6) is 1.49. The second-order valence-electron chi connectivity index (χ2n) is 6.46. The van der Waals surface area contributed by atoms with Crippen LogP contribution in [0.4, 0.5) is 0 Å². The highest BCUT2D eigenvalue weighted by atomic mass is 32.1. The van der Waals surface area contributed by atoms with Crippen molar-refractivity contribution in [2.75, 3.05) is 20.2 Å². The highest BCUT2D eigenvalue weighted by Gasteiger charge is 2.24. The van der Waals surface area contributed by atoms with Crippen LogP contribution in [0.1, 0.15) is 5.69 Å². The Morgan fingerprint density at radius 3 is 2.70 bits per heavy atom. The molecule has 1 aliphatic rings. The van der Waals surface area contributed by atoms with Gasteiger partial charge in [-0.3, -0.25) is 4.79 Å². The van der Waals surface area contributed by atoms with Gasteiger partial charge in [-0.2, -0.15) is 0 Å². The van der Waals surface area contributed by atoms with Crippen molar-refractivity contribution < 1.29 is 14.3 Å². The molecule has 138 valence electrons. The van der Waals surface area contributed by atoms with Crippen LogP contribution in [0.2, 0.25) is 0 Å². The number of nitrogens with zero attached hydrogens (tertiary/aromatic N) is 2. The Kier molecular flexibility index (Phi) is 5.07. The van der Waals surface area contributed by atoms with Crippen molar-refractivity contribution in [3.8, 4) is 22.1 Å². The van der Waals surface area contributed by atoms with Gasteiger partial charge in [0, 0.05) is 18.0 Å². The maximum atomic E-state index is 12.6. The minimum Gasteiger partial charge on any atom is -0.486 e. The molecule has 5 nitrogen and oxygen atoms in total. The third-order valence-corrected chi connectivity index (χ3v) is 5.32. The Balaban J connectivity index is 1.34. The van der Waals surface area contributed by atoms with Crippen LogP contribution in [0.15, 0.2) is 60.0 Å². The van der Waals surface area contributed by atoms with Crippen LogP contribution >= 0.6 is 11.3 Å². The fourth-order valence-corrected chi connectivity index (χ4v) is 3.78. The number of carbonyl (C=O) groups is 1. The average molecular weight is 380 g/mol. The molecule has 2 heterocycles. The minimum absolute atomic E-state index is 0.0161. The highest BCUT2D eigenvalue weighted by molar-refractivity contribution is 7.13. The standard InChI is InChI=1S/C21H20N2O3S/c1-23(12-17-13-25-18-9-5-6-10-19(18)26-17)20(24)11-16-14-27-21(22-16)15-7-3-2-4-8-15/h2-10,14,17H,11-13H2,1H3/t17-/m1/s1. The number of ether oxygens (including phenoxy) is 2. The lowest BCUT2D eigenvalue weighted by Gasteiger charge is -2.29. The molecule has 0 bridgehead atoms. The van der Waals surface area contributed by atoms with E-state index in [0.717, 1.165) is 27.8 Å². The molecule has 3 aromatic rings. The number of carbonyl (C=O) groups excluding carboxylic acids is 1. The number of hydrogen-bond acceptors (Lipinski definition) is 5. The summed E-state index contributed by atoms with van der Waals surface area (Å²) in [7, 11) is 1.79. The van der Waals surface area contributed by atoms with Crippen LogP contribution in [0.3, 0.4) is 0 Å². The predicted octanol–water partition coefficient (Wildman–Crippen LogP) is 3.65. The van der Waals surface area contributed by atoms with E-state index < -0.39 is 0 Å². The summed E-state index contributed by atoms with van der Waals surface area (Å²) >= 11 is 1.56. The van der Waals surface area contributed by atoms with Crippen molar-refractivity contribution in [2.45, 2.75) is 12.5 Å². The van der Waals surface area contributed by atoms with E-state index in [2.05, 4.69) is 4.98 Å². The number of likely N-dealkylation sites (N-methyl/N-ethyl adjacent to an activating group) is 1. The van der Waals surface area contributed by atoms with Crippen molar-refractivity contribution in [1.29, 1.82) is 0 Å². The number of hydrogen-bond donors (Lipinski definition) is 0. The predicted molar refractivity (Wildman–Crippen MR) is 105 cm³/mol. The molecule has 6 heteroatoms. The van der Waals surface area contributed by atoms with Crippen LogP contribution < -0.4 is 9.47 Å². The molecule has 27 heavy (non-hydrogen) atoms. The first-order valence-corrected chi connectivity index (χ1v) is 9.69. The maximum absolute atomic E-state index is 12.6. The van der Waals surface area contributed by atoms with Crippen molar-refractivity contribution >= 4 is 17.2 Å². The topological polar surface area (TPSA) is 51.7 Å². The third-order valence-electron chi connectivity index (χ3n) is 4.38. The molecule has 0 saturated heterocycles. The van der Waals surface area contributed by atoms with Gasteiger partial charge in [-0.1, -0.05) is 42.5 Å². The van der Waals surface area contributed by atoms with Crippen LogP contribution in [0.5, 0.6) is 11.5 Å². The molecule has 0 spiro atoms. The van der Waals surface area contributed by atoms with E-state index in [1.54, 1.807) is 23.3 Å². The number of rotatable bonds is 5. The summed E-state index contributed by atoms with van der Waals surface area (Å²) < 4.78 is 11.6. The molecule has 0 aliphatic carbocycles. The zero-order valence-electron chi connectivity index (χ0n) is 15.0. The zero-order valence-corrected chi connectivity index (χ0v) is 15.8. The molecule has 2 aromatic carbocycles. The first kappa shape index (κ1) is 17.5. The molecule has 0 saturated carbocycles. The van der Waals surface area contributed by atoms with Gasteiger partial charge in [0.2, 0.25) is 5.91 Å². The molecule has 0 unspecified atom stereocenters. The zero-order chi connectivity index (χ0) is 18.6. The number of fused-ring (bicyclic) bond motifs is 1. The molecule has 4 rings (SSSR count). The Morgan fingerprint density at radius 1 is 1.15 bits per heavy atom. The van der Waals surface area contributed by atoms with E-state index in [4.69, 9.17) is 9.47 Å². The van der Waals surface area contributed by atoms with Crippen LogP contribution in [-0.4, -0.2) is 42.1 Å². The Morgan fingerprint density at radius 2 is 1.89 bits per heavy atom. The minimum atomic E-state index is -0.177. The lowest BCUT2D eigenvalue weighted by molar-refractivity contribution is -0.130. The van der Waals surface area contributed by atoms with Gasteiger partial charge in [0.25, 0.3) is 0 Å². The van der Waals surface area contributed by atoms with Gasteiger partial charge in [-0.05, 0) is 12.1 Å². The molecule has 1 aromatic heterocycles. The maximum Gasteiger partial charge on any atom is 0.228 e. The first-order valence-electron chi connectivity index (χ1n) is 8.81. The van der Waals surface area contributed by atoms with Gasteiger partial charge < -0.3 is 14.4 Å². The van der Waals surface area contributed by atoms with Gasteiger partial charge in [-0.25, -0.2) is 4.98 Å². The van der Waals surface area contributed by atoms with Crippen molar-refractivity contribution in [1.82, 2.24) is 9.88 Å². The molecule has 0 radical (unpaired) electrons. The van der Waals surface area contributed by atoms with E-state index in [9.17, 15) is 4.79 Å². The Labute approximate surface area is 162 Å². The SMILES string of the molecule is CN(C[C@@H]1COc2ccccc2O1)C(=O)Cc1csc(-c2ccccc2)n1. The van der Waals surface area contributed by atoms with Gasteiger partial charge in [-0.15, -0.1) is 11.3 Å². The van der Waals surface area contributed by atoms with Crippen molar-refractivity contribution in [3.05, 3.63) is 65.7 Å². The van der Waals surface area contributed by atoms with Crippen molar-refractivity contribution in [3.63, 3.8) is 0 Å². The number of para-hydroxylation sites is 2. The lowest BCUT2D eigenvalue weighted by Crippen LogP contribution is -2.42. The quantitative estimate of drug-likeness (QED) is 0.678. The summed E-state index contributed by atoms with van der Waals surface area (Å²) in [5, 5.41) is 2.88. The van der Waals surface area contributed by atoms with Gasteiger partial charge in [0.1, 0.15) is 11.6 Å². The van der Waals surface area contributed by atoms with Crippen LogP contribution in [0.25, 0.3) is 10.6 Å². The number of thiazole rings is 1. The Bertz CT molecular complexity index is 926. The van der Waals surface area contributed by atoms with E-state index in [1.807, 2.05) is 60.0 Å². The van der Waals surface area contributed by atoms with E-state index in [-0.39, 0.29) is 18.4 Å². The Hall–Kier alpha value is -2.86. The molecule has 0 N–H and O–H groups in total. The van der Waals surface area contributed by atoms with Crippen LogP contribution in [0, 0.1) is 0 Å². The molecule has 0 fully saturated rings. The normalized spacial score (nSPS) is 15.4. The molecular weight excluding hydrogens is 360 g/mol. The van der Waals surface area contributed by atoms with E-state index >= 15 is 0 Å².